The molecule has 0 spiro atoms. The molecule has 4 N–H and O–H groups in total. The van der Waals surface area contributed by atoms with Gasteiger partial charge < -0.3 is 19.7 Å². The number of anilines is 1. The lowest BCUT2D eigenvalue weighted by atomic mass is 9.92. The van der Waals surface area contributed by atoms with Crippen LogP contribution in [0.1, 0.15) is 33.4 Å². The Hall–Kier alpha value is -2.01. The summed E-state index contributed by atoms with van der Waals surface area (Å²) < 4.78 is 11.5. The molecule has 140 valence electrons. The maximum atomic E-state index is 11.9. The molecule has 2 rings (SSSR count). The lowest BCUT2D eigenvalue weighted by Crippen LogP contribution is -2.36. The van der Waals surface area contributed by atoms with E-state index in [-0.39, 0.29) is 24.3 Å². The highest BCUT2D eigenvalue weighted by molar-refractivity contribution is 5.70. The first kappa shape index (κ1) is 19.3. The highest BCUT2D eigenvalue weighted by Crippen LogP contribution is 2.29. The lowest BCUT2D eigenvalue weighted by molar-refractivity contribution is -0.152. The second-order valence-corrected chi connectivity index (χ2v) is 7.08. The van der Waals surface area contributed by atoms with Crippen LogP contribution in [0.3, 0.4) is 0 Å². The van der Waals surface area contributed by atoms with Gasteiger partial charge >= 0.3 is 11.7 Å². The maximum Gasteiger partial charge on any atom is 0.351 e. The molecule has 2 heterocycles. The summed E-state index contributed by atoms with van der Waals surface area (Å²) in [4.78, 5) is 27.2. The van der Waals surface area contributed by atoms with Crippen molar-refractivity contribution >= 4 is 11.8 Å². The summed E-state index contributed by atoms with van der Waals surface area (Å²) in [5.74, 6) is -0.514. The molecular formula is C15H23N3O7. The molecule has 1 aliphatic rings. The van der Waals surface area contributed by atoms with E-state index in [0.29, 0.717) is 0 Å². The minimum atomic E-state index is -1.40. The predicted molar refractivity (Wildman–Crippen MR) is 84.9 cm³/mol. The summed E-state index contributed by atoms with van der Waals surface area (Å²) in [6, 6.07) is 1.29. The summed E-state index contributed by atoms with van der Waals surface area (Å²) in [7, 11) is 0. The number of aliphatic hydroxyl groups is 2. The third-order valence-electron chi connectivity index (χ3n) is 3.64. The maximum absolute atomic E-state index is 11.9. The molecule has 10 nitrogen and oxygen atoms in total. The lowest BCUT2D eigenvalue weighted by Gasteiger charge is -2.19. The zero-order valence-corrected chi connectivity index (χ0v) is 14.2. The Morgan fingerprint density at radius 1 is 1.40 bits per heavy atom. The summed E-state index contributed by atoms with van der Waals surface area (Å²) in [6.07, 6.45) is -3.46. The van der Waals surface area contributed by atoms with E-state index < -0.39 is 36.2 Å². The van der Waals surface area contributed by atoms with Gasteiger partial charge in [-0.05, 0) is 11.5 Å². The third kappa shape index (κ3) is 4.75. The van der Waals surface area contributed by atoms with Crippen LogP contribution in [0.4, 0.5) is 5.82 Å². The zero-order chi connectivity index (χ0) is 18.8. The normalized spacial score (nSPS) is 26.5. The van der Waals surface area contributed by atoms with Crippen molar-refractivity contribution in [3.63, 3.8) is 0 Å². The first-order chi connectivity index (χ1) is 11.6. The first-order valence-corrected chi connectivity index (χ1v) is 7.79. The monoisotopic (exact) mass is 357 g/mol. The molecule has 0 saturated carbocycles. The van der Waals surface area contributed by atoms with E-state index >= 15 is 0 Å². The van der Waals surface area contributed by atoms with Gasteiger partial charge in [-0.15, -0.1) is 0 Å². The first-order valence-electron chi connectivity index (χ1n) is 7.79. The molecule has 1 aliphatic heterocycles. The number of carbonyl (C=O) groups excluding carboxylic acids is 1. The van der Waals surface area contributed by atoms with Crippen molar-refractivity contribution in [1.82, 2.24) is 9.55 Å². The Kier molecular flexibility index (Phi) is 5.78. The number of ether oxygens (including phenoxy) is 2. The molecule has 0 aliphatic carbocycles. The van der Waals surface area contributed by atoms with Crippen LogP contribution in [0, 0.1) is 5.41 Å². The van der Waals surface area contributed by atoms with E-state index in [2.05, 4.69) is 4.98 Å². The second-order valence-electron chi connectivity index (χ2n) is 7.08. The highest BCUT2D eigenvalue weighted by Gasteiger charge is 2.44. The Morgan fingerprint density at radius 2 is 2.08 bits per heavy atom. The Morgan fingerprint density at radius 3 is 2.64 bits per heavy atom. The van der Waals surface area contributed by atoms with Gasteiger partial charge in [0.05, 0.1) is 6.42 Å². The number of hydrogen-bond acceptors (Lipinski definition) is 9. The Balaban J connectivity index is 2.03. The van der Waals surface area contributed by atoms with Gasteiger partial charge in [0.15, 0.2) is 12.0 Å². The van der Waals surface area contributed by atoms with Crippen molar-refractivity contribution in [3.05, 3.63) is 22.7 Å². The topological polar surface area (TPSA) is 143 Å². The molecule has 0 unspecified atom stereocenters. The fourth-order valence-corrected chi connectivity index (χ4v) is 2.42. The van der Waals surface area contributed by atoms with E-state index in [0.717, 1.165) is 4.57 Å². The fraction of sp³-hybridized carbons (Fsp3) is 0.667. The van der Waals surface area contributed by atoms with Crippen molar-refractivity contribution in [2.45, 2.75) is 51.7 Å². The van der Waals surface area contributed by atoms with Crippen LogP contribution in [0.15, 0.2) is 17.1 Å². The van der Waals surface area contributed by atoms with E-state index in [1.54, 1.807) is 5.48 Å². The number of rotatable bonds is 5. The number of nitrogens with zero attached hydrogens (tertiary/aromatic N) is 2. The van der Waals surface area contributed by atoms with Crippen LogP contribution in [0.5, 0.6) is 0 Å². The summed E-state index contributed by atoms with van der Waals surface area (Å²) in [6.45, 7) is 5.42. The number of nitrogens with one attached hydrogen (secondary N) is 1. The molecule has 0 aromatic carbocycles. The largest absolute Gasteiger partial charge is 0.463 e. The fourth-order valence-electron chi connectivity index (χ4n) is 2.42. The number of aliphatic hydroxyl groups excluding tert-OH is 2. The third-order valence-corrected chi connectivity index (χ3v) is 3.64. The SMILES string of the molecule is CC(C)(C)CC(=O)OC[C@H]1O[C@@H](n2ccc(NO)nc2=O)[C@H](O)[C@@H]1O. The van der Waals surface area contributed by atoms with E-state index in [4.69, 9.17) is 14.7 Å². The quantitative estimate of drug-likeness (QED) is 0.410. The van der Waals surface area contributed by atoms with Crippen molar-refractivity contribution < 1.29 is 29.7 Å². The van der Waals surface area contributed by atoms with Gasteiger partial charge in [0, 0.05) is 6.20 Å². The molecule has 0 bridgehead atoms. The average molecular weight is 357 g/mol. The standard InChI is InChI=1S/C15H23N3O7/c1-15(2,3)6-10(19)24-7-8-11(20)12(21)13(25-8)18-5-4-9(17-23)16-14(18)22/h4-5,8,11-13,20-21,23H,6-7H2,1-3H3,(H,16,17,22)/t8-,11-,12-,13-/m1/s1. The smallest absolute Gasteiger partial charge is 0.351 e. The van der Waals surface area contributed by atoms with Gasteiger partial charge in [-0.2, -0.15) is 4.98 Å². The van der Waals surface area contributed by atoms with E-state index in [9.17, 15) is 19.8 Å². The molecule has 1 saturated heterocycles. The van der Waals surface area contributed by atoms with E-state index in [1.807, 2.05) is 20.8 Å². The number of esters is 1. The number of carbonyl (C=O) groups is 1. The molecule has 1 fully saturated rings. The predicted octanol–water partition coefficient (Wildman–Crippen LogP) is -0.357. The van der Waals surface area contributed by atoms with Gasteiger partial charge in [0.1, 0.15) is 24.9 Å². The average Bonchev–Trinajstić information content (AvgIpc) is 2.79. The number of hydrogen-bond donors (Lipinski definition) is 4. The van der Waals surface area contributed by atoms with Gasteiger partial charge in [0.2, 0.25) is 0 Å². The summed E-state index contributed by atoms with van der Waals surface area (Å²) in [5.41, 5.74) is 0.700. The minimum absolute atomic E-state index is 0.0676. The molecule has 1 aromatic heterocycles. The second kappa shape index (κ2) is 7.48. The van der Waals surface area contributed by atoms with Crippen LogP contribution >= 0.6 is 0 Å². The molecule has 0 amide bonds. The van der Waals surface area contributed by atoms with Crippen LogP contribution in [-0.4, -0.2) is 55.9 Å². The summed E-state index contributed by atoms with van der Waals surface area (Å²) in [5, 5.41) is 28.9. The van der Waals surface area contributed by atoms with Crippen molar-refractivity contribution in [1.29, 1.82) is 0 Å². The van der Waals surface area contributed by atoms with Crippen LogP contribution in [-0.2, 0) is 14.3 Å². The van der Waals surface area contributed by atoms with Gasteiger partial charge in [-0.1, -0.05) is 20.8 Å². The molecule has 25 heavy (non-hydrogen) atoms. The van der Waals surface area contributed by atoms with Crippen LogP contribution < -0.4 is 11.2 Å². The molecule has 1 aromatic rings. The molecule has 0 radical (unpaired) electrons. The number of aromatic nitrogens is 2. The Bertz CT molecular complexity index is 670. The minimum Gasteiger partial charge on any atom is -0.463 e. The van der Waals surface area contributed by atoms with Crippen molar-refractivity contribution in [2.24, 2.45) is 5.41 Å². The molecule has 4 atom stereocenters. The van der Waals surface area contributed by atoms with Crippen molar-refractivity contribution in [3.8, 4) is 0 Å². The van der Waals surface area contributed by atoms with Crippen LogP contribution in [0.2, 0.25) is 0 Å². The van der Waals surface area contributed by atoms with Crippen molar-refractivity contribution in [2.75, 3.05) is 12.1 Å². The zero-order valence-electron chi connectivity index (χ0n) is 14.2. The van der Waals surface area contributed by atoms with Gasteiger partial charge in [0.25, 0.3) is 0 Å². The van der Waals surface area contributed by atoms with E-state index in [1.165, 1.54) is 12.3 Å². The summed E-state index contributed by atoms with van der Waals surface area (Å²) >= 11 is 0. The molecular weight excluding hydrogens is 334 g/mol. The van der Waals surface area contributed by atoms with Gasteiger partial charge in [-0.25, -0.2) is 4.79 Å². The highest BCUT2D eigenvalue weighted by atomic mass is 16.6. The van der Waals surface area contributed by atoms with Crippen LogP contribution in [0.25, 0.3) is 0 Å². The molecule has 10 heteroatoms. The Labute approximate surface area is 144 Å². The van der Waals surface area contributed by atoms with Gasteiger partial charge in [-0.3, -0.25) is 20.0 Å².